The Morgan fingerprint density at radius 2 is 1.41 bits per heavy atom. The first-order valence-corrected chi connectivity index (χ1v) is 12.1. The third-order valence-corrected chi connectivity index (χ3v) is 5.72. The average molecular weight is 415 g/mol. The molecule has 5 heteroatoms. The molecule has 1 aliphatic rings. The summed E-state index contributed by atoms with van der Waals surface area (Å²) in [5.41, 5.74) is 0. The minimum atomic E-state index is -0.988. The molecule has 0 aromatic rings. The summed E-state index contributed by atoms with van der Waals surface area (Å²) in [5.74, 6) is 0. The minimum Gasteiger partial charge on any atom is -0.394 e. The second kappa shape index (κ2) is 18.3. The topological polar surface area (TPSA) is 79.2 Å². The van der Waals surface area contributed by atoms with E-state index in [0.29, 0.717) is 6.61 Å². The molecule has 0 amide bonds. The van der Waals surface area contributed by atoms with E-state index in [2.05, 4.69) is 19.1 Å². The second-order valence-electron chi connectivity index (χ2n) is 8.39. The molecule has 0 bridgehead atoms. The molecule has 1 rings (SSSR count). The van der Waals surface area contributed by atoms with E-state index in [1.165, 1.54) is 70.6 Å². The van der Waals surface area contributed by atoms with Gasteiger partial charge in [0.2, 0.25) is 0 Å². The molecule has 1 aliphatic heterocycles. The summed E-state index contributed by atoms with van der Waals surface area (Å²) in [5, 5.41) is 28.8. The second-order valence-corrected chi connectivity index (χ2v) is 8.39. The maximum Gasteiger partial charge on any atom is 0.114 e. The molecule has 5 nitrogen and oxygen atoms in total. The molecule has 3 N–H and O–H groups in total. The SMILES string of the molecule is CCCCCCCCCCCCC/C=C/CCCO[C@H](CO)[C@@H]1OC[C@H](O)[C@@H]1O. The monoisotopic (exact) mass is 414 g/mol. The molecule has 0 radical (unpaired) electrons. The van der Waals surface area contributed by atoms with Gasteiger partial charge in [0.05, 0.1) is 13.2 Å². The fourth-order valence-corrected chi connectivity index (χ4v) is 3.80. The van der Waals surface area contributed by atoms with Crippen LogP contribution in [-0.4, -0.2) is 59.6 Å². The maximum atomic E-state index is 9.83. The Labute approximate surface area is 178 Å². The molecule has 0 unspecified atom stereocenters. The lowest BCUT2D eigenvalue weighted by atomic mass is 10.1. The van der Waals surface area contributed by atoms with Crippen LogP contribution in [0.15, 0.2) is 12.2 Å². The van der Waals surface area contributed by atoms with Crippen molar-refractivity contribution < 1.29 is 24.8 Å². The Morgan fingerprint density at radius 1 is 0.862 bits per heavy atom. The zero-order valence-corrected chi connectivity index (χ0v) is 18.6. The Morgan fingerprint density at radius 3 is 1.93 bits per heavy atom. The first kappa shape index (κ1) is 26.6. The van der Waals surface area contributed by atoms with Crippen molar-refractivity contribution >= 4 is 0 Å². The van der Waals surface area contributed by atoms with Gasteiger partial charge in [0, 0.05) is 6.61 Å². The van der Waals surface area contributed by atoms with Gasteiger partial charge in [0.1, 0.15) is 24.4 Å². The van der Waals surface area contributed by atoms with Crippen molar-refractivity contribution in [2.75, 3.05) is 19.8 Å². The fourth-order valence-electron chi connectivity index (χ4n) is 3.80. The summed E-state index contributed by atoms with van der Waals surface area (Å²) >= 11 is 0. The molecule has 0 aliphatic carbocycles. The van der Waals surface area contributed by atoms with Gasteiger partial charge in [-0.2, -0.15) is 0 Å². The van der Waals surface area contributed by atoms with E-state index in [9.17, 15) is 15.3 Å². The van der Waals surface area contributed by atoms with Crippen molar-refractivity contribution in [1.82, 2.24) is 0 Å². The van der Waals surface area contributed by atoms with Gasteiger partial charge in [-0.05, 0) is 25.7 Å². The Balaban J connectivity index is 1.87. The van der Waals surface area contributed by atoms with Crippen LogP contribution < -0.4 is 0 Å². The van der Waals surface area contributed by atoms with Gasteiger partial charge in [-0.3, -0.25) is 0 Å². The molecule has 4 atom stereocenters. The van der Waals surface area contributed by atoms with Crippen LogP contribution in [0.4, 0.5) is 0 Å². The van der Waals surface area contributed by atoms with Gasteiger partial charge in [0.25, 0.3) is 0 Å². The van der Waals surface area contributed by atoms with Crippen LogP contribution in [0.5, 0.6) is 0 Å². The van der Waals surface area contributed by atoms with Crippen molar-refractivity contribution in [1.29, 1.82) is 0 Å². The van der Waals surface area contributed by atoms with E-state index in [-0.39, 0.29) is 13.2 Å². The number of unbranched alkanes of at least 4 members (excludes halogenated alkanes) is 12. The normalized spacial score (nSPS) is 23.2. The number of aliphatic hydroxyl groups excluding tert-OH is 3. The molecular weight excluding hydrogens is 368 g/mol. The number of hydrogen-bond acceptors (Lipinski definition) is 5. The third kappa shape index (κ3) is 12.7. The lowest BCUT2D eigenvalue weighted by molar-refractivity contribution is -0.101. The van der Waals surface area contributed by atoms with E-state index >= 15 is 0 Å². The summed E-state index contributed by atoms with van der Waals surface area (Å²) in [6, 6.07) is 0. The number of allylic oxidation sites excluding steroid dienone is 2. The van der Waals surface area contributed by atoms with Gasteiger partial charge >= 0.3 is 0 Å². The molecule has 1 heterocycles. The van der Waals surface area contributed by atoms with Crippen molar-refractivity contribution in [2.24, 2.45) is 0 Å². The summed E-state index contributed by atoms with van der Waals surface area (Å²) in [7, 11) is 0. The molecule has 1 fully saturated rings. The highest BCUT2D eigenvalue weighted by atomic mass is 16.6. The van der Waals surface area contributed by atoms with E-state index in [1.807, 2.05) is 0 Å². The molecule has 172 valence electrons. The Bertz CT molecular complexity index is 387. The predicted octanol–water partition coefficient (Wildman–Crippen LogP) is 4.52. The zero-order chi connectivity index (χ0) is 21.2. The largest absolute Gasteiger partial charge is 0.394 e. The average Bonchev–Trinajstić information content (AvgIpc) is 3.06. The molecular formula is C24H46O5. The highest BCUT2D eigenvalue weighted by molar-refractivity contribution is 4.88. The minimum absolute atomic E-state index is 0.0908. The summed E-state index contributed by atoms with van der Waals surface area (Å²) in [4.78, 5) is 0. The van der Waals surface area contributed by atoms with Crippen LogP contribution in [0.2, 0.25) is 0 Å². The Hall–Kier alpha value is -0.460. The lowest BCUT2D eigenvalue weighted by Crippen LogP contribution is -2.42. The van der Waals surface area contributed by atoms with E-state index < -0.39 is 24.4 Å². The fraction of sp³-hybridized carbons (Fsp3) is 0.917. The van der Waals surface area contributed by atoms with Gasteiger partial charge in [0.15, 0.2) is 0 Å². The maximum absolute atomic E-state index is 9.83. The van der Waals surface area contributed by atoms with Crippen LogP contribution in [0, 0.1) is 0 Å². The summed E-state index contributed by atoms with van der Waals surface area (Å²) in [6.45, 7) is 2.65. The van der Waals surface area contributed by atoms with Gasteiger partial charge < -0.3 is 24.8 Å². The molecule has 0 saturated carbocycles. The van der Waals surface area contributed by atoms with Crippen LogP contribution in [0.3, 0.4) is 0 Å². The highest BCUT2D eigenvalue weighted by Crippen LogP contribution is 2.19. The van der Waals surface area contributed by atoms with Crippen molar-refractivity contribution in [3.63, 3.8) is 0 Å². The smallest absolute Gasteiger partial charge is 0.114 e. The van der Waals surface area contributed by atoms with E-state index in [0.717, 1.165) is 19.3 Å². The quantitative estimate of drug-likeness (QED) is 0.214. The van der Waals surface area contributed by atoms with Crippen molar-refractivity contribution in [3.8, 4) is 0 Å². The number of aliphatic hydroxyl groups is 3. The van der Waals surface area contributed by atoms with E-state index in [4.69, 9.17) is 9.47 Å². The van der Waals surface area contributed by atoms with Crippen molar-refractivity contribution in [3.05, 3.63) is 12.2 Å². The van der Waals surface area contributed by atoms with Gasteiger partial charge in [-0.1, -0.05) is 83.3 Å². The molecule has 29 heavy (non-hydrogen) atoms. The summed E-state index contributed by atoms with van der Waals surface area (Å²) < 4.78 is 10.9. The Kier molecular flexibility index (Phi) is 16.8. The number of ether oxygens (including phenoxy) is 2. The molecule has 0 spiro atoms. The van der Waals surface area contributed by atoms with Crippen LogP contribution in [-0.2, 0) is 9.47 Å². The zero-order valence-electron chi connectivity index (χ0n) is 18.6. The number of hydrogen-bond donors (Lipinski definition) is 3. The van der Waals surface area contributed by atoms with Crippen LogP contribution in [0.1, 0.15) is 96.8 Å². The molecule has 1 saturated heterocycles. The first-order chi connectivity index (χ1) is 14.2. The van der Waals surface area contributed by atoms with Crippen molar-refractivity contribution in [2.45, 2.75) is 121 Å². The standard InChI is InChI=1S/C24H46O5/c1-2-3-4-5-6-7-8-9-10-11-12-13-14-15-16-17-18-28-22(19-25)24-23(27)21(26)20-29-24/h14-15,21-27H,2-13,16-20H2,1H3/b15-14+/t21-,22+,23-,24-/m0/s1. The van der Waals surface area contributed by atoms with Gasteiger partial charge in [-0.25, -0.2) is 0 Å². The summed E-state index contributed by atoms with van der Waals surface area (Å²) in [6.07, 6.45) is 19.5. The first-order valence-electron chi connectivity index (χ1n) is 12.1. The highest BCUT2D eigenvalue weighted by Gasteiger charge is 2.40. The predicted molar refractivity (Wildman–Crippen MR) is 118 cm³/mol. The van der Waals surface area contributed by atoms with Gasteiger partial charge in [-0.15, -0.1) is 0 Å². The van der Waals surface area contributed by atoms with E-state index in [1.54, 1.807) is 0 Å². The van der Waals surface area contributed by atoms with Crippen LogP contribution >= 0.6 is 0 Å². The lowest BCUT2D eigenvalue weighted by Gasteiger charge is -2.24. The molecule has 0 aromatic carbocycles. The third-order valence-electron chi connectivity index (χ3n) is 5.72. The number of rotatable bonds is 19. The van der Waals surface area contributed by atoms with Crippen LogP contribution in [0.25, 0.3) is 0 Å². The molecule has 0 aromatic heterocycles.